The van der Waals surface area contributed by atoms with Crippen molar-refractivity contribution in [3.05, 3.63) is 29.8 Å². The zero-order valence-electron chi connectivity index (χ0n) is 11.8. The van der Waals surface area contributed by atoms with Crippen LogP contribution in [0.15, 0.2) is 24.3 Å². The average Bonchev–Trinajstić information content (AvgIpc) is 2.46. The summed E-state index contributed by atoms with van der Waals surface area (Å²) < 4.78 is 30.4. The van der Waals surface area contributed by atoms with Gasteiger partial charge in [0.25, 0.3) is 0 Å². The SMILES string of the molecule is COC(=O)Nc1ccc(CNS(=O)(=O)CCCCCl)cc1. The lowest BCUT2D eigenvalue weighted by Crippen LogP contribution is -2.26. The van der Waals surface area contributed by atoms with Gasteiger partial charge < -0.3 is 4.74 Å². The molecule has 1 rings (SSSR count). The second kappa shape index (κ2) is 8.86. The van der Waals surface area contributed by atoms with Crippen molar-refractivity contribution in [1.29, 1.82) is 0 Å². The summed E-state index contributed by atoms with van der Waals surface area (Å²) in [7, 11) is -2.00. The zero-order chi connectivity index (χ0) is 15.7. The molecule has 118 valence electrons. The number of hydrogen-bond acceptors (Lipinski definition) is 4. The first-order chi connectivity index (χ1) is 9.96. The molecule has 1 aromatic carbocycles. The lowest BCUT2D eigenvalue weighted by atomic mass is 10.2. The predicted octanol–water partition coefficient (Wildman–Crippen LogP) is 2.30. The Morgan fingerprint density at radius 3 is 2.48 bits per heavy atom. The van der Waals surface area contributed by atoms with Crippen LogP contribution < -0.4 is 10.0 Å². The van der Waals surface area contributed by atoms with Crippen LogP contribution in [0, 0.1) is 0 Å². The molecule has 0 unspecified atom stereocenters. The lowest BCUT2D eigenvalue weighted by Gasteiger charge is -2.08. The Morgan fingerprint density at radius 1 is 1.24 bits per heavy atom. The number of anilines is 1. The summed E-state index contributed by atoms with van der Waals surface area (Å²) in [4.78, 5) is 11.0. The van der Waals surface area contributed by atoms with Gasteiger partial charge in [0.05, 0.1) is 12.9 Å². The summed E-state index contributed by atoms with van der Waals surface area (Å²) in [6, 6.07) is 6.81. The lowest BCUT2D eigenvalue weighted by molar-refractivity contribution is 0.187. The Balaban J connectivity index is 2.47. The number of carbonyl (C=O) groups excluding carboxylic acids is 1. The standard InChI is InChI=1S/C13H19ClN2O4S/c1-20-13(17)16-12-6-4-11(5-7-12)10-15-21(18,19)9-3-2-8-14/h4-7,15H,2-3,8-10H2,1H3,(H,16,17). The molecule has 0 fully saturated rings. The molecule has 1 amide bonds. The second-order valence-corrected chi connectivity index (χ2v) is 6.65. The van der Waals surface area contributed by atoms with E-state index >= 15 is 0 Å². The van der Waals surface area contributed by atoms with E-state index < -0.39 is 16.1 Å². The van der Waals surface area contributed by atoms with E-state index in [-0.39, 0.29) is 12.3 Å². The van der Waals surface area contributed by atoms with Crippen molar-refractivity contribution in [2.75, 3.05) is 24.1 Å². The molecule has 0 aliphatic carbocycles. The van der Waals surface area contributed by atoms with Crippen molar-refractivity contribution in [2.45, 2.75) is 19.4 Å². The number of halogens is 1. The van der Waals surface area contributed by atoms with Gasteiger partial charge in [0.1, 0.15) is 0 Å². The molecule has 2 N–H and O–H groups in total. The van der Waals surface area contributed by atoms with Gasteiger partial charge in [0.2, 0.25) is 10.0 Å². The molecule has 0 heterocycles. The van der Waals surface area contributed by atoms with Gasteiger partial charge in [-0.05, 0) is 30.5 Å². The number of methoxy groups -OCH3 is 1. The third kappa shape index (κ3) is 7.31. The Kier molecular flexibility index (Phi) is 7.49. The molecule has 0 aliphatic heterocycles. The van der Waals surface area contributed by atoms with Gasteiger partial charge in [-0.1, -0.05) is 12.1 Å². The number of alkyl halides is 1. The minimum absolute atomic E-state index is 0.0711. The molecule has 0 atom stereocenters. The second-order valence-electron chi connectivity index (χ2n) is 4.35. The quantitative estimate of drug-likeness (QED) is 0.564. The van der Waals surface area contributed by atoms with E-state index in [9.17, 15) is 13.2 Å². The number of hydrogen-bond donors (Lipinski definition) is 2. The first-order valence-electron chi connectivity index (χ1n) is 6.44. The average molecular weight is 335 g/mol. The molecule has 0 bridgehead atoms. The molecule has 0 aliphatic rings. The maximum absolute atomic E-state index is 11.7. The Bertz CT molecular complexity index is 546. The van der Waals surface area contributed by atoms with Gasteiger partial charge in [0, 0.05) is 18.1 Å². The van der Waals surface area contributed by atoms with Crippen LogP contribution in [0.25, 0.3) is 0 Å². The van der Waals surface area contributed by atoms with E-state index in [1.807, 2.05) is 0 Å². The highest BCUT2D eigenvalue weighted by atomic mass is 35.5. The highest BCUT2D eigenvalue weighted by Crippen LogP contribution is 2.10. The third-order valence-corrected chi connectivity index (χ3v) is 4.36. The minimum atomic E-state index is -3.28. The summed E-state index contributed by atoms with van der Waals surface area (Å²) in [6.07, 6.45) is 0.666. The monoisotopic (exact) mass is 334 g/mol. The van der Waals surface area contributed by atoms with Crippen LogP contribution in [-0.4, -0.2) is 33.3 Å². The van der Waals surface area contributed by atoms with Gasteiger partial charge in [-0.15, -0.1) is 11.6 Å². The number of rotatable bonds is 8. The molecule has 1 aromatic rings. The van der Waals surface area contributed by atoms with Crippen LogP contribution in [-0.2, 0) is 21.3 Å². The first kappa shape index (κ1) is 17.7. The Morgan fingerprint density at radius 2 is 1.90 bits per heavy atom. The van der Waals surface area contributed by atoms with E-state index in [2.05, 4.69) is 14.8 Å². The first-order valence-corrected chi connectivity index (χ1v) is 8.63. The van der Waals surface area contributed by atoms with Crippen molar-refractivity contribution in [3.8, 4) is 0 Å². The number of ether oxygens (including phenoxy) is 1. The highest BCUT2D eigenvalue weighted by molar-refractivity contribution is 7.89. The smallest absolute Gasteiger partial charge is 0.411 e. The maximum atomic E-state index is 11.7. The fourth-order valence-electron chi connectivity index (χ4n) is 1.53. The Hall–Kier alpha value is -1.31. The summed E-state index contributed by atoms with van der Waals surface area (Å²) >= 11 is 5.51. The van der Waals surface area contributed by atoms with Gasteiger partial charge in [-0.2, -0.15) is 0 Å². The molecule has 0 radical (unpaired) electrons. The summed E-state index contributed by atoms with van der Waals surface area (Å²) in [5, 5.41) is 2.51. The van der Waals surface area contributed by atoms with Crippen LogP contribution in [0.1, 0.15) is 18.4 Å². The highest BCUT2D eigenvalue weighted by Gasteiger charge is 2.09. The van der Waals surface area contributed by atoms with Crippen LogP contribution >= 0.6 is 11.6 Å². The summed E-state index contributed by atoms with van der Waals surface area (Å²) in [5.41, 5.74) is 1.38. The van der Waals surface area contributed by atoms with Gasteiger partial charge in [0.15, 0.2) is 0 Å². The molecule has 0 saturated carbocycles. The minimum Gasteiger partial charge on any atom is -0.453 e. The molecular formula is C13H19ClN2O4S. The van der Waals surface area contributed by atoms with Crippen LogP contribution in [0.4, 0.5) is 10.5 Å². The number of nitrogens with one attached hydrogen (secondary N) is 2. The van der Waals surface area contributed by atoms with E-state index in [0.29, 0.717) is 24.4 Å². The van der Waals surface area contributed by atoms with Crippen LogP contribution in [0.2, 0.25) is 0 Å². The number of benzene rings is 1. The topological polar surface area (TPSA) is 84.5 Å². The molecule has 6 nitrogen and oxygen atoms in total. The van der Waals surface area contributed by atoms with Crippen molar-refractivity contribution < 1.29 is 17.9 Å². The van der Waals surface area contributed by atoms with Gasteiger partial charge in [-0.25, -0.2) is 17.9 Å². The number of amides is 1. The number of unbranched alkanes of at least 4 members (excludes halogenated alkanes) is 1. The number of sulfonamides is 1. The summed E-state index contributed by atoms with van der Waals surface area (Å²) in [5.74, 6) is 0.534. The molecule has 0 spiro atoms. The van der Waals surface area contributed by atoms with Gasteiger partial charge in [-0.3, -0.25) is 5.32 Å². The third-order valence-electron chi connectivity index (χ3n) is 2.68. The molecule has 8 heteroatoms. The van der Waals surface area contributed by atoms with Crippen LogP contribution in [0.3, 0.4) is 0 Å². The maximum Gasteiger partial charge on any atom is 0.411 e. The Labute approximate surface area is 129 Å². The van der Waals surface area contributed by atoms with Crippen molar-refractivity contribution >= 4 is 33.4 Å². The normalized spacial score (nSPS) is 11.1. The molecule has 21 heavy (non-hydrogen) atoms. The van der Waals surface area contributed by atoms with Crippen molar-refractivity contribution in [2.24, 2.45) is 0 Å². The summed E-state index contributed by atoms with van der Waals surface area (Å²) in [6.45, 7) is 0.210. The fraction of sp³-hybridized carbons (Fsp3) is 0.462. The molecular weight excluding hydrogens is 316 g/mol. The largest absolute Gasteiger partial charge is 0.453 e. The van der Waals surface area contributed by atoms with E-state index in [0.717, 1.165) is 5.56 Å². The van der Waals surface area contributed by atoms with Gasteiger partial charge >= 0.3 is 6.09 Å². The fourth-order valence-corrected chi connectivity index (χ4v) is 2.83. The van der Waals surface area contributed by atoms with Crippen molar-refractivity contribution in [3.63, 3.8) is 0 Å². The molecule has 0 aromatic heterocycles. The predicted molar refractivity (Wildman–Crippen MR) is 83.1 cm³/mol. The molecule has 0 saturated heterocycles. The van der Waals surface area contributed by atoms with E-state index in [1.165, 1.54) is 7.11 Å². The van der Waals surface area contributed by atoms with Crippen molar-refractivity contribution in [1.82, 2.24) is 4.72 Å². The van der Waals surface area contributed by atoms with Crippen LogP contribution in [0.5, 0.6) is 0 Å². The van der Waals surface area contributed by atoms with E-state index in [4.69, 9.17) is 11.6 Å². The zero-order valence-corrected chi connectivity index (χ0v) is 13.3. The number of carbonyl (C=O) groups is 1. The van der Waals surface area contributed by atoms with E-state index in [1.54, 1.807) is 24.3 Å².